The first-order valence-corrected chi connectivity index (χ1v) is 11.5. The van der Waals surface area contributed by atoms with Crippen molar-refractivity contribution in [3.8, 4) is 0 Å². The maximum absolute atomic E-state index is 12.9. The Balaban J connectivity index is 1.49. The molecule has 0 aromatic carbocycles. The van der Waals surface area contributed by atoms with Crippen LogP contribution in [0.5, 0.6) is 0 Å². The standard InChI is InChI=1S/C22H30N4O2S/c1-13-9-15(10-17(23)20(13)27)16-7-8-24-11-18(16)25-21(28)19-12-29-22(26-19)14-5-3-2-4-6-14/h7-8,11-15,17,20,27H,2-6,9-10,23H2,1H3,(H,25,28)/t13-,15+,17+,20+/m0/s1. The van der Waals surface area contributed by atoms with Gasteiger partial charge in [-0.25, -0.2) is 4.98 Å². The first-order chi connectivity index (χ1) is 14.0. The number of amides is 1. The van der Waals surface area contributed by atoms with Gasteiger partial charge >= 0.3 is 0 Å². The van der Waals surface area contributed by atoms with Crippen LogP contribution in [0.3, 0.4) is 0 Å². The van der Waals surface area contributed by atoms with Gasteiger partial charge in [0, 0.05) is 23.5 Å². The maximum atomic E-state index is 12.9. The molecule has 2 aliphatic rings. The molecule has 0 aliphatic heterocycles. The van der Waals surface area contributed by atoms with Crippen molar-refractivity contribution in [2.75, 3.05) is 5.32 Å². The van der Waals surface area contributed by atoms with Gasteiger partial charge < -0.3 is 16.2 Å². The van der Waals surface area contributed by atoms with Crippen molar-refractivity contribution >= 4 is 22.9 Å². The SMILES string of the molecule is C[C@H]1C[C@@H](c2ccncc2NC(=O)c2csc(C3CCCCC3)n2)C[C@@H](N)[C@@H]1O. The molecule has 6 nitrogen and oxygen atoms in total. The largest absolute Gasteiger partial charge is 0.391 e. The predicted molar refractivity (Wildman–Crippen MR) is 115 cm³/mol. The molecule has 2 heterocycles. The predicted octanol–water partition coefficient (Wildman–Crippen LogP) is 4.04. The molecule has 1 amide bonds. The molecule has 0 unspecified atom stereocenters. The molecular weight excluding hydrogens is 384 g/mol. The van der Waals surface area contributed by atoms with Crippen LogP contribution in [0.1, 0.15) is 84.8 Å². The fourth-order valence-electron chi connectivity index (χ4n) is 4.81. The fourth-order valence-corrected chi connectivity index (χ4v) is 5.78. The maximum Gasteiger partial charge on any atom is 0.275 e. The van der Waals surface area contributed by atoms with Crippen LogP contribution in [0.15, 0.2) is 23.8 Å². The summed E-state index contributed by atoms with van der Waals surface area (Å²) in [6, 6.07) is 1.70. The number of anilines is 1. The summed E-state index contributed by atoms with van der Waals surface area (Å²) in [6.45, 7) is 2.03. The number of aromatic nitrogens is 2. The molecule has 4 rings (SSSR count). The summed E-state index contributed by atoms with van der Waals surface area (Å²) in [5.41, 5.74) is 8.38. The highest BCUT2D eigenvalue weighted by Crippen LogP contribution is 2.39. The third-order valence-electron chi connectivity index (χ3n) is 6.49. The lowest BCUT2D eigenvalue weighted by atomic mass is 9.74. The van der Waals surface area contributed by atoms with Crippen LogP contribution >= 0.6 is 11.3 Å². The molecule has 2 fully saturated rings. The third-order valence-corrected chi connectivity index (χ3v) is 7.49. The van der Waals surface area contributed by atoms with E-state index in [9.17, 15) is 9.90 Å². The molecule has 2 saturated carbocycles. The van der Waals surface area contributed by atoms with Crippen LogP contribution in [-0.2, 0) is 0 Å². The Labute approximate surface area is 176 Å². The van der Waals surface area contributed by atoms with Gasteiger partial charge in [0.1, 0.15) is 5.69 Å². The van der Waals surface area contributed by atoms with Crippen LogP contribution in [0, 0.1) is 5.92 Å². The zero-order chi connectivity index (χ0) is 20.4. The summed E-state index contributed by atoms with van der Waals surface area (Å²) >= 11 is 1.60. The normalized spacial score (nSPS) is 28.2. The van der Waals surface area contributed by atoms with Crippen molar-refractivity contribution in [3.05, 3.63) is 40.1 Å². The smallest absolute Gasteiger partial charge is 0.275 e. The number of thiazole rings is 1. The number of aliphatic hydroxyl groups is 1. The van der Waals surface area contributed by atoms with Gasteiger partial charge in [-0.05, 0) is 49.1 Å². The van der Waals surface area contributed by atoms with Crippen molar-refractivity contribution in [2.24, 2.45) is 11.7 Å². The molecule has 4 atom stereocenters. The number of hydrogen-bond donors (Lipinski definition) is 3. The van der Waals surface area contributed by atoms with Gasteiger partial charge in [0.15, 0.2) is 0 Å². The van der Waals surface area contributed by atoms with Gasteiger partial charge in [-0.1, -0.05) is 26.2 Å². The van der Waals surface area contributed by atoms with E-state index in [0.717, 1.165) is 17.0 Å². The monoisotopic (exact) mass is 414 g/mol. The lowest BCUT2D eigenvalue weighted by Gasteiger charge is -2.36. The highest BCUT2D eigenvalue weighted by Gasteiger charge is 2.34. The first kappa shape index (κ1) is 20.4. The minimum absolute atomic E-state index is 0.122. The highest BCUT2D eigenvalue weighted by atomic mass is 32.1. The van der Waals surface area contributed by atoms with Crippen LogP contribution in [-0.4, -0.2) is 33.1 Å². The molecule has 7 heteroatoms. The second kappa shape index (κ2) is 8.90. The molecule has 4 N–H and O–H groups in total. The molecule has 29 heavy (non-hydrogen) atoms. The number of carbonyl (C=O) groups excluding carboxylic acids is 1. The van der Waals surface area contributed by atoms with E-state index in [-0.39, 0.29) is 23.8 Å². The zero-order valence-corrected chi connectivity index (χ0v) is 17.7. The average molecular weight is 415 g/mol. The second-order valence-electron chi connectivity index (χ2n) is 8.62. The lowest BCUT2D eigenvalue weighted by Crippen LogP contribution is -2.44. The van der Waals surface area contributed by atoms with Crippen molar-refractivity contribution in [1.82, 2.24) is 9.97 Å². The quantitative estimate of drug-likeness (QED) is 0.701. The summed E-state index contributed by atoms with van der Waals surface area (Å²) in [5, 5.41) is 16.1. The number of aliphatic hydroxyl groups excluding tert-OH is 1. The molecule has 0 radical (unpaired) electrons. The van der Waals surface area contributed by atoms with E-state index in [4.69, 9.17) is 5.73 Å². The number of rotatable bonds is 4. The summed E-state index contributed by atoms with van der Waals surface area (Å²) in [6.07, 6.45) is 10.7. The number of carbonyl (C=O) groups is 1. The molecule has 2 aliphatic carbocycles. The number of hydrogen-bond acceptors (Lipinski definition) is 6. The molecular formula is C22H30N4O2S. The Morgan fingerprint density at radius 1 is 1.24 bits per heavy atom. The van der Waals surface area contributed by atoms with Crippen molar-refractivity contribution in [1.29, 1.82) is 0 Å². The Morgan fingerprint density at radius 3 is 2.79 bits per heavy atom. The summed E-state index contributed by atoms with van der Waals surface area (Å²) in [5.74, 6) is 0.624. The Bertz CT molecular complexity index is 837. The van der Waals surface area contributed by atoms with Crippen molar-refractivity contribution in [3.63, 3.8) is 0 Å². The van der Waals surface area contributed by atoms with Gasteiger partial charge in [-0.2, -0.15) is 0 Å². The van der Waals surface area contributed by atoms with E-state index < -0.39 is 6.10 Å². The average Bonchev–Trinajstić information content (AvgIpc) is 3.23. The third kappa shape index (κ3) is 4.52. The van der Waals surface area contributed by atoms with E-state index >= 15 is 0 Å². The van der Waals surface area contributed by atoms with E-state index in [2.05, 4.69) is 15.3 Å². The highest BCUT2D eigenvalue weighted by molar-refractivity contribution is 7.09. The molecule has 2 aromatic rings. The number of nitrogens with one attached hydrogen (secondary N) is 1. The van der Waals surface area contributed by atoms with Gasteiger partial charge in [-0.3, -0.25) is 9.78 Å². The van der Waals surface area contributed by atoms with E-state index in [1.54, 1.807) is 23.7 Å². The summed E-state index contributed by atoms with van der Waals surface area (Å²) in [4.78, 5) is 21.7. The lowest BCUT2D eigenvalue weighted by molar-refractivity contribution is 0.0521. The molecule has 0 spiro atoms. The van der Waals surface area contributed by atoms with Crippen LogP contribution in [0.25, 0.3) is 0 Å². The minimum atomic E-state index is -0.473. The van der Waals surface area contributed by atoms with Crippen LogP contribution in [0.2, 0.25) is 0 Å². The van der Waals surface area contributed by atoms with Gasteiger partial charge in [0.25, 0.3) is 5.91 Å². The van der Waals surface area contributed by atoms with E-state index in [1.165, 1.54) is 32.1 Å². The van der Waals surface area contributed by atoms with Crippen LogP contribution in [0.4, 0.5) is 5.69 Å². The molecule has 2 aromatic heterocycles. The van der Waals surface area contributed by atoms with E-state index in [1.807, 2.05) is 18.4 Å². The first-order valence-electron chi connectivity index (χ1n) is 10.7. The minimum Gasteiger partial charge on any atom is -0.391 e. The van der Waals surface area contributed by atoms with Gasteiger partial charge in [-0.15, -0.1) is 11.3 Å². The topological polar surface area (TPSA) is 101 Å². The summed E-state index contributed by atoms with van der Waals surface area (Å²) < 4.78 is 0. The molecule has 156 valence electrons. The number of nitrogens with two attached hydrogens (primary N) is 1. The molecule has 0 bridgehead atoms. The number of nitrogens with zero attached hydrogens (tertiary/aromatic N) is 2. The Hall–Kier alpha value is -1.83. The van der Waals surface area contributed by atoms with Crippen molar-refractivity contribution < 1.29 is 9.90 Å². The Morgan fingerprint density at radius 2 is 2.03 bits per heavy atom. The zero-order valence-electron chi connectivity index (χ0n) is 16.9. The second-order valence-corrected chi connectivity index (χ2v) is 9.51. The van der Waals surface area contributed by atoms with Crippen molar-refractivity contribution in [2.45, 2.75) is 75.9 Å². The van der Waals surface area contributed by atoms with E-state index in [0.29, 0.717) is 23.7 Å². The van der Waals surface area contributed by atoms with Crippen LogP contribution < -0.4 is 11.1 Å². The summed E-state index contributed by atoms with van der Waals surface area (Å²) in [7, 11) is 0. The van der Waals surface area contributed by atoms with Gasteiger partial charge in [0.2, 0.25) is 0 Å². The fraction of sp³-hybridized carbons (Fsp3) is 0.591. The Kier molecular flexibility index (Phi) is 6.27. The number of pyridine rings is 1. The molecule has 0 saturated heterocycles. The van der Waals surface area contributed by atoms with Gasteiger partial charge in [0.05, 0.1) is 23.0 Å².